The van der Waals surface area contributed by atoms with Gasteiger partial charge in [0.15, 0.2) is 0 Å². The number of nitrogens with two attached hydrogens (primary N) is 1. The number of hydrogen-bond acceptors (Lipinski definition) is 4. The Balaban J connectivity index is 1.81. The molecule has 1 heterocycles. The summed E-state index contributed by atoms with van der Waals surface area (Å²) in [5.41, 5.74) is 7.10. The van der Waals surface area contributed by atoms with Gasteiger partial charge >= 0.3 is 0 Å². The van der Waals surface area contributed by atoms with E-state index in [1.165, 1.54) is 0 Å². The summed E-state index contributed by atoms with van der Waals surface area (Å²) in [6.07, 6.45) is 3.19. The third-order valence-corrected chi connectivity index (χ3v) is 3.81. The highest BCUT2D eigenvalue weighted by Gasteiger charge is 2.34. The lowest BCUT2D eigenvalue weighted by molar-refractivity contribution is 0.347. The van der Waals surface area contributed by atoms with Crippen molar-refractivity contribution in [2.75, 3.05) is 7.11 Å². The molecule has 4 nitrogen and oxygen atoms in total. The van der Waals surface area contributed by atoms with Crippen LogP contribution in [0, 0.1) is 0 Å². The first kappa shape index (κ1) is 11.5. The molecule has 3 atom stereocenters. The fourth-order valence-corrected chi connectivity index (χ4v) is 2.80. The van der Waals surface area contributed by atoms with Crippen LogP contribution >= 0.6 is 0 Å². The van der Waals surface area contributed by atoms with Crippen LogP contribution in [0.2, 0.25) is 0 Å². The van der Waals surface area contributed by atoms with Crippen LogP contribution in [0.4, 0.5) is 0 Å². The molecular weight excluding hydrogens is 226 g/mol. The van der Waals surface area contributed by atoms with E-state index in [-0.39, 0.29) is 0 Å². The molecule has 3 unspecified atom stereocenters. The number of amidine groups is 1. The number of nitrogens with one attached hydrogen (secondary N) is 1. The van der Waals surface area contributed by atoms with Gasteiger partial charge in [-0.05, 0) is 31.4 Å². The van der Waals surface area contributed by atoms with E-state index < -0.39 is 0 Å². The Hall–Kier alpha value is -1.55. The Bertz CT molecular complexity index is 472. The molecule has 1 fully saturated rings. The van der Waals surface area contributed by atoms with Gasteiger partial charge in [0.1, 0.15) is 11.6 Å². The van der Waals surface area contributed by atoms with E-state index in [1.807, 2.05) is 18.2 Å². The molecule has 0 aromatic heterocycles. The summed E-state index contributed by atoms with van der Waals surface area (Å²) in [7, 11) is 1.68. The Morgan fingerprint density at radius 2 is 2.28 bits per heavy atom. The molecule has 0 saturated heterocycles. The van der Waals surface area contributed by atoms with E-state index >= 15 is 0 Å². The Kier molecular flexibility index (Phi) is 2.96. The lowest BCUT2D eigenvalue weighted by Gasteiger charge is -2.28. The summed E-state index contributed by atoms with van der Waals surface area (Å²) in [5, 5.41) is 3.51. The fraction of sp³-hybridized carbons (Fsp3) is 0.500. The van der Waals surface area contributed by atoms with E-state index in [9.17, 15) is 0 Å². The smallest absolute Gasteiger partial charge is 0.129 e. The molecule has 1 aliphatic carbocycles. The minimum absolute atomic E-state index is 0.318. The van der Waals surface area contributed by atoms with Crippen molar-refractivity contribution in [1.29, 1.82) is 0 Å². The highest BCUT2D eigenvalue weighted by molar-refractivity contribution is 6.00. The number of methoxy groups -OCH3 is 1. The van der Waals surface area contributed by atoms with Crippen LogP contribution in [0.1, 0.15) is 24.8 Å². The third kappa shape index (κ3) is 2.08. The molecule has 4 heteroatoms. The number of fused-ring (bicyclic) bond motifs is 1. The second kappa shape index (κ2) is 4.61. The van der Waals surface area contributed by atoms with Crippen molar-refractivity contribution in [3.05, 3.63) is 29.8 Å². The van der Waals surface area contributed by atoms with Crippen LogP contribution in [-0.4, -0.2) is 31.1 Å². The van der Waals surface area contributed by atoms with Crippen LogP contribution in [0.3, 0.4) is 0 Å². The normalized spacial score (nSPS) is 30.3. The van der Waals surface area contributed by atoms with E-state index in [0.29, 0.717) is 18.1 Å². The minimum atomic E-state index is 0.318. The number of hydrogen-bond donors (Lipinski definition) is 2. The topological polar surface area (TPSA) is 59.6 Å². The van der Waals surface area contributed by atoms with Gasteiger partial charge < -0.3 is 15.8 Å². The third-order valence-electron chi connectivity index (χ3n) is 3.81. The molecule has 18 heavy (non-hydrogen) atoms. The quantitative estimate of drug-likeness (QED) is 0.825. The van der Waals surface area contributed by atoms with Gasteiger partial charge in [0.2, 0.25) is 0 Å². The van der Waals surface area contributed by atoms with E-state index in [0.717, 1.165) is 36.4 Å². The highest BCUT2D eigenvalue weighted by Crippen LogP contribution is 2.26. The van der Waals surface area contributed by atoms with E-state index in [4.69, 9.17) is 15.5 Å². The maximum Gasteiger partial charge on any atom is 0.129 e. The van der Waals surface area contributed by atoms with Crippen molar-refractivity contribution in [2.45, 2.75) is 37.4 Å². The van der Waals surface area contributed by atoms with Crippen LogP contribution in [0.5, 0.6) is 5.75 Å². The van der Waals surface area contributed by atoms with E-state index in [2.05, 4.69) is 11.4 Å². The molecule has 1 aromatic carbocycles. The minimum Gasteiger partial charge on any atom is -0.497 e. The Labute approximate surface area is 107 Å². The van der Waals surface area contributed by atoms with Crippen molar-refractivity contribution in [3.63, 3.8) is 0 Å². The fourth-order valence-electron chi connectivity index (χ4n) is 2.80. The summed E-state index contributed by atoms with van der Waals surface area (Å²) >= 11 is 0. The molecule has 2 aliphatic rings. The van der Waals surface area contributed by atoms with Crippen LogP contribution in [0.15, 0.2) is 29.3 Å². The number of aliphatic imine (C=N–C) groups is 1. The molecule has 0 amide bonds. The van der Waals surface area contributed by atoms with Gasteiger partial charge in [-0.3, -0.25) is 4.99 Å². The molecule has 96 valence electrons. The first-order valence-electron chi connectivity index (χ1n) is 6.50. The molecule has 3 N–H and O–H groups in total. The average molecular weight is 245 g/mol. The monoisotopic (exact) mass is 245 g/mol. The Morgan fingerprint density at radius 3 is 3.11 bits per heavy atom. The maximum atomic E-state index is 6.01. The van der Waals surface area contributed by atoms with Crippen LogP contribution in [-0.2, 0) is 0 Å². The zero-order valence-electron chi connectivity index (χ0n) is 10.6. The SMILES string of the molecule is COc1cccc(C2=NC3CCC(N)CC3N2)c1. The van der Waals surface area contributed by atoms with Crippen molar-refractivity contribution >= 4 is 5.84 Å². The molecule has 0 radical (unpaired) electrons. The predicted octanol–water partition coefficient (Wildman–Crippen LogP) is 1.29. The molecular formula is C14H19N3O. The molecule has 3 rings (SSSR count). The van der Waals surface area contributed by atoms with Crippen molar-refractivity contribution in [2.24, 2.45) is 10.7 Å². The number of nitrogens with zero attached hydrogens (tertiary/aromatic N) is 1. The van der Waals surface area contributed by atoms with Crippen molar-refractivity contribution in [1.82, 2.24) is 5.32 Å². The zero-order valence-corrected chi connectivity index (χ0v) is 10.6. The Morgan fingerprint density at radius 1 is 1.39 bits per heavy atom. The standard InChI is InChI=1S/C14H19N3O/c1-18-11-4-2-3-9(7-11)14-16-12-6-5-10(15)8-13(12)17-14/h2-4,7,10,12-13H,5-6,8,15H2,1H3,(H,16,17). The summed E-state index contributed by atoms with van der Waals surface area (Å²) in [6.45, 7) is 0. The molecule has 0 spiro atoms. The molecule has 1 aliphatic heterocycles. The molecule has 1 aromatic rings. The number of ether oxygens (including phenoxy) is 1. The lowest BCUT2D eigenvalue weighted by Crippen LogP contribution is -2.44. The van der Waals surface area contributed by atoms with Gasteiger partial charge in [-0.2, -0.15) is 0 Å². The van der Waals surface area contributed by atoms with Crippen LogP contribution < -0.4 is 15.8 Å². The van der Waals surface area contributed by atoms with Crippen LogP contribution in [0.25, 0.3) is 0 Å². The predicted molar refractivity (Wildman–Crippen MR) is 72.1 cm³/mol. The summed E-state index contributed by atoms with van der Waals surface area (Å²) in [6, 6.07) is 9.14. The number of rotatable bonds is 2. The highest BCUT2D eigenvalue weighted by atomic mass is 16.5. The van der Waals surface area contributed by atoms with Gasteiger partial charge in [0.05, 0.1) is 19.2 Å². The van der Waals surface area contributed by atoms with E-state index in [1.54, 1.807) is 7.11 Å². The second-order valence-electron chi connectivity index (χ2n) is 5.10. The first-order valence-corrected chi connectivity index (χ1v) is 6.50. The molecule has 0 bridgehead atoms. The zero-order chi connectivity index (χ0) is 12.5. The lowest BCUT2D eigenvalue weighted by atomic mass is 9.88. The maximum absolute atomic E-state index is 6.01. The molecule has 1 saturated carbocycles. The summed E-state index contributed by atoms with van der Waals surface area (Å²) in [5.74, 6) is 1.85. The summed E-state index contributed by atoms with van der Waals surface area (Å²) in [4.78, 5) is 4.78. The van der Waals surface area contributed by atoms with Crippen molar-refractivity contribution < 1.29 is 4.74 Å². The average Bonchev–Trinajstić information content (AvgIpc) is 2.81. The van der Waals surface area contributed by atoms with Gasteiger partial charge in [0.25, 0.3) is 0 Å². The van der Waals surface area contributed by atoms with Gasteiger partial charge in [0, 0.05) is 11.6 Å². The van der Waals surface area contributed by atoms with Crippen molar-refractivity contribution in [3.8, 4) is 5.75 Å². The second-order valence-corrected chi connectivity index (χ2v) is 5.10. The van der Waals surface area contributed by atoms with Gasteiger partial charge in [-0.15, -0.1) is 0 Å². The van der Waals surface area contributed by atoms with Gasteiger partial charge in [-0.25, -0.2) is 0 Å². The van der Waals surface area contributed by atoms with Gasteiger partial charge in [-0.1, -0.05) is 12.1 Å². The first-order chi connectivity index (χ1) is 8.76. The summed E-state index contributed by atoms with van der Waals surface area (Å²) < 4.78 is 5.25. The number of benzene rings is 1. The largest absolute Gasteiger partial charge is 0.497 e.